The predicted octanol–water partition coefficient (Wildman–Crippen LogP) is -0.484. The van der Waals surface area contributed by atoms with E-state index in [0.717, 1.165) is 0 Å². The summed E-state index contributed by atoms with van der Waals surface area (Å²) >= 11 is 0. The number of aliphatic hydroxyl groups is 1. The summed E-state index contributed by atoms with van der Waals surface area (Å²) in [7, 11) is -1.70. The van der Waals surface area contributed by atoms with Gasteiger partial charge in [-0.3, -0.25) is 4.79 Å². The van der Waals surface area contributed by atoms with Crippen molar-refractivity contribution in [2.75, 3.05) is 6.35 Å². The molecule has 36 valence electrons. The van der Waals surface area contributed by atoms with E-state index in [1.54, 1.807) is 0 Å². The van der Waals surface area contributed by atoms with Crippen LogP contribution in [-0.2, 0) is 4.79 Å². The van der Waals surface area contributed by atoms with Crippen LogP contribution in [0.4, 0.5) is 0 Å². The molecule has 0 saturated heterocycles. The first kappa shape index (κ1) is 6.02. The summed E-state index contributed by atoms with van der Waals surface area (Å²) in [5.41, 5.74) is 0. The van der Waals surface area contributed by atoms with Gasteiger partial charge in [0, 0.05) is 0 Å². The van der Waals surface area contributed by atoms with Crippen molar-refractivity contribution < 1.29 is 14.8 Å². The lowest BCUT2D eigenvalue weighted by Gasteiger charge is -1.88. The average molecular weight is 108 g/mol. The van der Waals surface area contributed by atoms with Crippen molar-refractivity contribution in [2.24, 2.45) is 0 Å². The van der Waals surface area contributed by atoms with Crippen molar-refractivity contribution in [1.29, 1.82) is 0 Å². The van der Waals surface area contributed by atoms with Gasteiger partial charge in [0.25, 0.3) is 0 Å². The van der Waals surface area contributed by atoms with Gasteiger partial charge < -0.3 is 10.00 Å². The van der Waals surface area contributed by atoms with Crippen molar-refractivity contribution in [3.63, 3.8) is 0 Å². The molecule has 0 rings (SSSR count). The zero-order chi connectivity index (χ0) is 4.99. The summed E-state index contributed by atoms with van der Waals surface area (Å²) in [6, 6.07) is 0.343. The predicted molar refractivity (Wildman–Crippen MR) is 23.0 cm³/mol. The Balaban J connectivity index is 2.96. The number of hydrogen-bond donors (Lipinski definition) is 2. The van der Waals surface area contributed by atoms with Crippen LogP contribution in [0.5, 0.6) is 0 Å². The Morgan fingerprint density at radius 3 is 2.33 bits per heavy atom. The maximum Gasteiger partial charge on any atom is 0.171 e. The third-order valence-corrected chi connectivity index (χ3v) is 0.800. The molecule has 0 aliphatic carbocycles. The molecular weight excluding hydrogens is 103 g/mol. The highest BCUT2D eigenvalue weighted by Gasteiger charge is 1.93. The van der Waals surface area contributed by atoms with Gasteiger partial charge in [-0.05, 0) is 0 Å². The summed E-state index contributed by atoms with van der Waals surface area (Å²) in [6.45, 7) is 0. The van der Waals surface area contributed by atoms with E-state index in [2.05, 4.69) is 0 Å². The molecule has 0 spiro atoms. The van der Waals surface area contributed by atoms with Crippen LogP contribution in [-0.4, -0.2) is 22.4 Å². The minimum Gasteiger partial charge on any atom is -0.389 e. The van der Waals surface area contributed by atoms with Crippen LogP contribution in [0.1, 0.15) is 0 Å². The summed E-state index contributed by atoms with van der Waals surface area (Å²) in [6.07, 6.45) is -0.418. The highest BCUT2D eigenvalue weighted by atomic mass is 31.1. The van der Waals surface area contributed by atoms with E-state index < -0.39 is 14.5 Å². The van der Waals surface area contributed by atoms with Crippen LogP contribution < -0.4 is 0 Å². The first-order valence-electron chi connectivity index (χ1n) is 1.33. The van der Waals surface area contributed by atoms with Gasteiger partial charge >= 0.3 is 0 Å². The fraction of sp³-hybridized carbons (Fsp3) is 0.500. The smallest absolute Gasteiger partial charge is 0.171 e. The summed E-state index contributed by atoms with van der Waals surface area (Å²) in [4.78, 5) is 17.5. The molecule has 0 amide bonds. The second kappa shape index (κ2) is 3.22. The molecule has 6 heavy (non-hydrogen) atoms. The molecule has 0 radical (unpaired) electrons. The Morgan fingerprint density at radius 1 is 1.83 bits per heavy atom. The molecule has 1 atom stereocenters. The fourth-order valence-corrected chi connectivity index (χ4v) is 0.100. The van der Waals surface area contributed by atoms with E-state index >= 15 is 0 Å². The Bertz CT molecular complexity index is 46.1. The lowest BCUT2D eigenvalue weighted by atomic mass is 11.7. The standard InChI is InChI=1S/C2H5O3P/c3-1-6(5)2-4/h1,4-5H,2H2. The van der Waals surface area contributed by atoms with Crippen LogP contribution >= 0.6 is 8.15 Å². The van der Waals surface area contributed by atoms with E-state index in [-0.39, 0.29) is 0 Å². The molecule has 0 aliphatic heterocycles. The number of hydrogen-bond acceptors (Lipinski definition) is 3. The molecule has 0 fully saturated rings. The first-order chi connectivity index (χ1) is 2.81. The van der Waals surface area contributed by atoms with E-state index in [1.165, 1.54) is 0 Å². The third-order valence-electron chi connectivity index (χ3n) is 0.267. The van der Waals surface area contributed by atoms with Gasteiger partial charge in [0.05, 0.1) is 6.35 Å². The first-order valence-corrected chi connectivity index (χ1v) is 2.88. The molecule has 3 nitrogen and oxygen atoms in total. The molecule has 4 heteroatoms. The van der Waals surface area contributed by atoms with Crippen molar-refractivity contribution in [2.45, 2.75) is 0 Å². The molecule has 2 N–H and O–H groups in total. The highest BCUT2D eigenvalue weighted by molar-refractivity contribution is 7.66. The van der Waals surface area contributed by atoms with Gasteiger partial charge in [0.2, 0.25) is 0 Å². The summed E-state index contributed by atoms with van der Waals surface area (Å²) < 4.78 is 0. The van der Waals surface area contributed by atoms with Gasteiger partial charge in [-0.2, -0.15) is 0 Å². The topological polar surface area (TPSA) is 57.5 Å². The highest BCUT2D eigenvalue weighted by Crippen LogP contribution is 2.20. The number of aliphatic hydroxyl groups excluding tert-OH is 1. The second-order valence-corrected chi connectivity index (χ2v) is 2.06. The van der Waals surface area contributed by atoms with Crippen molar-refractivity contribution in [3.05, 3.63) is 0 Å². The lowest BCUT2D eigenvalue weighted by molar-refractivity contribution is 0.359. The number of rotatable bonds is 2. The van der Waals surface area contributed by atoms with E-state index in [1.807, 2.05) is 0 Å². The monoisotopic (exact) mass is 108 g/mol. The normalized spacial score (nSPS) is 13.7. The van der Waals surface area contributed by atoms with Gasteiger partial charge in [-0.15, -0.1) is 0 Å². The van der Waals surface area contributed by atoms with E-state index in [9.17, 15) is 4.79 Å². The second-order valence-electron chi connectivity index (χ2n) is 0.686. The van der Waals surface area contributed by atoms with Crippen LogP contribution in [0.2, 0.25) is 0 Å². The van der Waals surface area contributed by atoms with Gasteiger partial charge in [0.15, 0.2) is 6.03 Å². The minimum absolute atomic E-state index is 0.343. The molecule has 0 aromatic carbocycles. The molecule has 1 unspecified atom stereocenters. The largest absolute Gasteiger partial charge is 0.389 e. The zero-order valence-electron chi connectivity index (χ0n) is 3.03. The quantitative estimate of drug-likeness (QED) is 0.371. The Hall–Kier alpha value is 0.0200. The lowest BCUT2D eigenvalue weighted by Crippen LogP contribution is -1.77. The molecule has 0 aliphatic rings. The SMILES string of the molecule is O=CP(O)CO. The van der Waals surface area contributed by atoms with Crippen molar-refractivity contribution in [1.82, 2.24) is 0 Å². The summed E-state index contributed by atoms with van der Waals surface area (Å²) in [5, 5.41) is 7.88. The van der Waals surface area contributed by atoms with Crippen LogP contribution in [0.15, 0.2) is 0 Å². The molecule has 0 aromatic rings. The molecule has 0 bridgehead atoms. The number of carbonyl (C=O) groups excluding carboxylic acids is 1. The molecular formula is C2H5O3P. The Morgan fingerprint density at radius 2 is 2.33 bits per heavy atom. The third kappa shape index (κ3) is 2.27. The molecule has 0 aromatic heterocycles. The van der Waals surface area contributed by atoms with Gasteiger partial charge in [0.1, 0.15) is 8.15 Å². The van der Waals surface area contributed by atoms with Gasteiger partial charge in [-0.1, -0.05) is 0 Å². The van der Waals surface area contributed by atoms with Crippen molar-refractivity contribution in [3.8, 4) is 0 Å². The minimum atomic E-state index is -1.70. The average Bonchev–Trinajstić information content (AvgIpc) is 1.65. The van der Waals surface area contributed by atoms with Crippen LogP contribution in [0.25, 0.3) is 0 Å². The molecule has 0 heterocycles. The van der Waals surface area contributed by atoms with Gasteiger partial charge in [-0.25, -0.2) is 0 Å². The maximum atomic E-state index is 9.35. The Labute approximate surface area is 36.4 Å². The van der Waals surface area contributed by atoms with E-state index in [4.69, 9.17) is 10.00 Å². The maximum absolute atomic E-state index is 9.35. The Kier molecular flexibility index (Phi) is 3.23. The zero-order valence-corrected chi connectivity index (χ0v) is 3.93. The van der Waals surface area contributed by atoms with Crippen LogP contribution in [0, 0.1) is 0 Å². The van der Waals surface area contributed by atoms with Crippen molar-refractivity contribution >= 4 is 14.2 Å². The number of carbonyl (C=O) groups is 1. The fourth-order valence-electron chi connectivity index (χ4n) is 0.0333. The summed E-state index contributed by atoms with van der Waals surface area (Å²) in [5.74, 6) is 0. The van der Waals surface area contributed by atoms with Crippen LogP contribution in [0.3, 0.4) is 0 Å². The van der Waals surface area contributed by atoms with E-state index in [0.29, 0.717) is 6.03 Å². The molecule has 0 saturated carbocycles.